The Balaban J connectivity index is 0.00000560. The van der Waals surface area contributed by atoms with E-state index in [0.717, 1.165) is 0 Å². The van der Waals surface area contributed by atoms with Crippen LogP contribution in [-0.2, 0) is 21.5 Å². The van der Waals surface area contributed by atoms with Crippen molar-refractivity contribution >= 4 is 46.1 Å². The van der Waals surface area contributed by atoms with Crippen LogP contribution in [0.2, 0.25) is 0 Å². The van der Waals surface area contributed by atoms with Crippen molar-refractivity contribution in [2.45, 2.75) is 52.5 Å². The molecule has 0 bridgehead atoms. The molecular formula is C28H36BrFN4O6. The third-order valence-electron chi connectivity index (χ3n) is 6.29. The number of hydrogen-bond acceptors (Lipinski definition) is 7. The quantitative estimate of drug-likeness (QED) is 0.250. The van der Waals surface area contributed by atoms with Gasteiger partial charge < -0.3 is 30.2 Å². The molecule has 0 saturated carbocycles. The average molecular weight is 624 g/mol. The SMILES string of the molecule is Br.COc1cc2c(c(F)c1OC)C(=N)N(CC(=O)c1cc(NC(C)=O)c(OCCCC(N)=O)c(C(C)(C)C)c1)C2. The molecule has 218 valence electrons. The predicted octanol–water partition coefficient (Wildman–Crippen LogP) is 4.34. The van der Waals surface area contributed by atoms with Crippen molar-refractivity contribution in [1.82, 2.24) is 4.90 Å². The number of anilines is 1. The third kappa shape index (κ3) is 7.09. The van der Waals surface area contributed by atoms with Gasteiger partial charge in [0, 0.05) is 31.0 Å². The fourth-order valence-corrected chi connectivity index (χ4v) is 4.43. The monoisotopic (exact) mass is 622 g/mol. The highest BCUT2D eigenvalue weighted by Gasteiger charge is 2.33. The summed E-state index contributed by atoms with van der Waals surface area (Å²) in [5, 5.41) is 11.3. The molecule has 3 rings (SSSR count). The number of Topliss-reactive ketones (excluding diaryl/α,β-unsaturated/α-hetero) is 1. The number of amidine groups is 1. The highest BCUT2D eigenvalue weighted by Crippen LogP contribution is 2.40. The molecule has 10 nitrogen and oxygen atoms in total. The normalized spacial score (nSPS) is 12.4. The van der Waals surface area contributed by atoms with Gasteiger partial charge in [-0.25, -0.2) is 4.39 Å². The van der Waals surface area contributed by atoms with Gasteiger partial charge in [0.2, 0.25) is 11.8 Å². The highest BCUT2D eigenvalue weighted by molar-refractivity contribution is 8.93. The molecule has 1 aliphatic rings. The number of hydrogen-bond donors (Lipinski definition) is 3. The van der Waals surface area contributed by atoms with Crippen LogP contribution in [0.1, 0.15) is 67.6 Å². The Hall–Kier alpha value is -3.67. The summed E-state index contributed by atoms with van der Waals surface area (Å²) in [5.74, 6) is -1.46. The Bertz CT molecular complexity index is 1330. The number of methoxy groups -OCH3 is 2. The maximum Gasteiger partial charge on any atom is 0.221 e. The van der Waals surface area contributed by atoms with Crippen molar-refractivity contribution in [3.8, 4) is 17.2 Å². The van der Waals surface area contributed by atoms with E-state index in [9.17, 15) is 14.4 Å². The van der Waals surface area contributed by atoms with Gasteiger partial charge in [0.05, 0.1) is 38.6 Å². The smallest absolute Gasteiger partial charge is 0.221 e. The number of amides is 2. The van der Waals surface area contributed by atoms with Gasteiger partial charge in [-0.2, -0.15) is 0 Å². The fourth-order valence-electron chi connectivity index (χ4n) is 4.43. The van der Waals surface area contributed by atoms with Crippen LogP contribution in [0, 0.1) is 11.2 Å². The van der Waals surface area contributed by atoms with E-state index >= 15 is 4.39 Å². The summed E-state index contributed by atoms with van der Waals surface area (Å²) in [6.45, 7) is 7.32. The molecule has 0 atom stereocenters. The molecule has 2 amide bonds. The molecule has 40 heavy (non-hydrogen) atoms. The molecule has 4 N–H and O–H groups in total. The van der Waals surface area contributed by atoms with Gasteiger partial charge in [-0.05, 0) is 35.6 Å². The molecule has 0 radical (unpaired) electrons. The Morgan fingerprint density at radius 3 is 2.35 bits per heavy atom. The van der Waals surface area contributed by atoms with Gasteiger partial charge in [-0.3, -0.25) is 19.8 Å². The van der Waals surface area contributed by atoms with Crippen LogP contribution in [-0.4, -0.2) is 55.7 Å². The molecule has 0 saturated heterocycles. The Kier molecular flexibility index (Phi) is 10.7. The first-order valence-electron chi connectivity index (χ1n) is 12.5. The van der Waals surface area contributed by atoms with E-state index in [-0.39, 0.29) is 77.7 Å². The molecule has 1 aliphatic heterocycles. The maximum atomic E-state index is 15.1. The summed E-state index contributed by atoms with van der Waals surface area (Å²) >= 11 is 0. The van der Waals surface area contributed by atoms with Gasteiger partial charge in [0.15, 0.2) is 23.1 Å². The number of fused-ring (bicyclic) bond motifs is 1. The van der Waals surface area contributed by atoms with Crippen LogP contribution < -0.4 is 25.3 Å². The number of benzene rings is 2. The minimum atomic E-state index is -0.715. The molecule has 0 spiro atoms. The van der Waals surface area contributed by atoms with E-state index in [1.807, 2.05) is 20.8 Å². The van der Waals surface area contributed by atoms with Gasteiger partial charge in [-0.1, -0.05) is 20.8 Å². The lowest BCUT2D eigenvalue weighted by atomic mass is 9.84. The lowest BCUT2D eigenvalue weighted by Gasteiger charge is -2.26. The second-order valence-corrected chi connectivity index (χ2v) is 10.3. The zero-order valence-corrected chi connectivity index (χ0v) is 25.2. The molecule has 0 aromatic heterocycles. The maximum absolute atomic E-state index is 15.1. The number of ketones is 1. The van der Waals surface area contributed by atoms with Gasteiger partial charge in [0.25, 0.3) is 0 Å². The van der Waals surface area contributed by atoms with Gasteiger partial charge in [-0.15, -0.1) is 17.0 Å². The zero-order chi connectivity index (χ0) is 29.1. The van der Waals surface area contributed by atoms with Crippen LogP contribution in [0.5, 0.6) is 17.2 Å². The largest absolute Gasteiger partial charge is 0.493 e. The minimum absolute atomic E-state index is 0. The van der Waals surface area contributed by atoms with Crippen LogP contribution in [0.25, 0.3) is 0 Å². The fraction of sp³-hybridized carbons (Fsp3) is 0.429. The summed E-state index contributed by atoms with van der Waals surface area (Å²) < 4.78 is 31.5. The topological polar surface area (TPSA) is 144 Å². The molecule has 12 heteroatoms. The van der Waals surface area contributed by atoms with E-state index in [1.54, 1.807) is 12.1 Å². The second kappa shape index (κ2) is 13.1. The summed E-state index contributed by atoms with van der Waals surface area (Å²) in [7, 11) is 2.72. The summed E-state index contributed by atoms with van der Waals surface area (Å²) in [4.78, 5) is 38.1. The van der Waals surface area contributed by atoms with Crippen molar-refractivity contribution in [2.75, 3.05) is 32.7 Å². The molecule has 2 aromatic rings. The Labute approximate surface area is 243 Å². The van der Waals surface area contributed by atoms with E-state index < -0.39 is 17.1 Å². The van der Waals surface area contributed by atoms with Crippen molar-refractivity contribution in [3.63, 3.8) is 0 Å². The second-order valence-electron chi connectivity index (χ2n) is 10.3. The van der Waals surface area contributed by atoms with Crippen LogP contribution in [0.3, 0.4) is 0 Å². The summed E-state index contributed by atoms with van der Waals surface area (Å²) in [6, 6.07) is 4.84. The molecule has 0 aliphatic carbocycles. The van der Waals surface area contributed by atoms with Crippen molar-refractivity contribution in [3.05, 3.63) is 46.3 Å². The summed E-state index contributed by atoms with van der Waals surface area (Å²) in [5.41, 5.74) is 6.61. The van der Waals surface area contributed by atoms with Crippen molar-refractivity contribution < 1.29 is 33.0 Å². The number of carbonyl (C=O) groups is 3. The number of nitrogens with zero attached hydrogens (tertiary/aromatic N) is 1. The van der Waals surface area contributed by atoms with Gasteiger partial charge >= 0.3 is 0 Å². The van der Waals surface area contributed by atoms with E-state index in [0.29, 0.717) is 34.5 Å². The highest BCUT2D eigenvalue weighted by atomic mass is 79.9. The summed E-state index contributed by atoms with van der Waals surface area (Å²) in [6.07, 6.45) is 0.544. The zero-order valence-electron chi connectivity index (χ0n) is 23.5. The van der Waals surface area contributed by atoms with E-state index in [4.69, 9.17) is 25.4 Å². The number of carbonyl (C=O) groups excluding carboxylic acids is 3. The lowest BCUT2D eigenvalue weighted by molar-refractivity contribution is -0.118. The number of nitrogens with one attached hydrogen (secondary N) is 2. The van der Waals surface area contributed by atoms with Crippen molar-refractivity contribution in [2.24, 2.45) is 5.73 Å². The van der Waals surface area contributed by atoms with Crippen LogP contribution in [0.4, 0.5) is 10.1 Å². The van der Waals surface area contributed by atoms with Gasteiger partial charge in [0.1, 0.15) is 11.6 Å². The van der Waals surface area contributed by atoms with E-state index in [2.05, 4.69) is 5.32 Å². The number of rotatable bonds is 11. The van der Waals surface area contributed by atoms with Crippen molar-refractivity contribution in [1.29, 1.82) is 5.41 Å². The molecule has 0 fully saturated rings. The molecular weight excluding hydrogens is 587 g/mol. The number of halogens is 2. The average Bonchev–Trinajstić information content (AvgIpc) is 3.15. The molecule has 1 heterocycles. The Morgan fingerprint density at radius 2 is 1.80 bits per heavy atom. The van der Waals surface area contributed by atoms with Crippen LogP contribution >= 0.6 is 17.0 Å². The standard InChI is InChI=1S/C28H35FN4O6.BrH/c1-15(34)32-19-11-16(10-18(28(2,3)4)25(19)39-9-7-8-22(30)36)20(35)14-33-13-17-12-21(37-5)26(38-6)24(29)23(17)27(33)31;/h10-12,31H,7-9,13-14H2,1-6H3,(H2,30,36)(H,32,34);1H. The number of nitrogens with two attached hydrogens (primary N) is 1. The first kappa shape index (κ1) is 32.5. The Morgan fingerprint density at radius 1 is 1.12 bits per heavy atom. The first-order chi connectivity index (χ1) is 18.3. The first-order valence-corrected chi connectivity index (χ1v) is 12.5. The predicted molar refractivity (Wildman–Crippen MR) is 155 cm³/mol. The number of ether oxygens (including phenoxy) is 3. The number of primary amides is 1. The molecule has 0 unspecified atom stereocenters. The molecule has 2 aromatic carbocycles. The lowest BCUT2D eigenvalue weighted by Crippen LogP contribution is -2.31. The van der Waals surface area contributed by atoms with E-state index in [1.165, 1.54) is 32.1 Å². The minimum Gasteiger partial charge on any atom is -0.493 e. The van der Waals surface area contributed by atoms with Crippen LogP contribution in [0.15, 0.2) is 18.2 Å². The third-order valence-corrected chi connectivity index (χ3v) is 6.29.